The van der Waals surface area contributed by atoms with Crippen LogP contribution in [-0.4, -0.2) is 60.5 Å². The number of piperidine rings is 1. The molecule has 1 aromatic rings. The molecule has 1 saturated carbocycles. The van der Waals surface area contributed by atoms with Crippen molar-refractivity contribution in [2.24, 2.45) is 5.41 Å². The van der Waals surface area contributed by atoms with E-state index in [2.05, 4.69) is 42.2 Å². The molecule has 1 amide bonds. The molecule has 1 heterocycles. The van der Waals surface area contributed by atoms with Gasteiger partial charge < -0.3 is 9.47 Å². The fourth-order valence-electron chi connectivity index (χ4n) is 5.26. The Balaban J connectivity index is 1.61. The van der Waals surface area contributed by atoms with Crippen LogP contribution in [0.5, 0.6) is 0 Å². The van der Waals surface area contributed by atoms with Crippen LogP contribution in [0.15, 0.2) is 30.3 Å². The molecule has 1 aromatic carbocycles. The van der Waals surface area contributed by atoms with Crippen LogP contribution >= 0.6 is 0 Å². The number of ether oxygens (including phenoxy) is 2. The van der Waals surface area contributed by atoms with Crippen LogP contribution < -0.4 is 0 Å². The molecule has 5 heteroatoms. The molecule has 0 atom stereocenters. The highest BCUT2D eigenvalue weighted by Gasteiger charge is 2.37. The van der Waals surface area contributed by atoms with Gasteiger partial charge in [0.05, 0.1) is 13.3 Å². The van der Waals surface area contributed by atoms with Gasteiger partial charge in [0, 0.05) is 25.7 Å². The molecule has 0 spiro atoms. The zero-order valence-electron chi connectivity index (χ0n) is 21.5. The van der Waals surface area contributed by atoms with Crippen molar-refractivity contribution in [2.45, 2.75) is 97.1 Å². The second kappa shape index (κ2) is 12.2. The second-order valence-electron chi connectivity index (χ2n) is 11.1. The number of rotatable bonds is 9. The van der Waals surface area contributed by atoms with Gasteiger partial charge >= 0.3 is 6.09 Å². The third-order valence-electron chi connectivity index (χ3n) is 7.31. The molecule has 0 aromatic heterocycles. The Hall–Kier alpha value is -1.59. The van der Waals surface area contributed by atoms with E-state index in [1.165, 1.54) is 24.8 Å². The van der Waals surface area contributed by atoms with Crippen LogP contribution in [0.2, 0.25) is 0 Å². The number of nitrogens with zero attached hydrogens (tertiary/aromatic N) is 2. The molecule has 1 saturated heterocycles. The zero-order chi connectivity index (χ0) is 23.7. The van der Waals surface area contributed by atoms with Crippen molar-refractivity contribution < 1.29 is 14.3 Å². The summed E-state index contributed by atoms with van der Waals surface area (Å²) in [6, 6.07) is 11.1. The number of benzene rings is 1. The predicted molar refractivity (Wildman–Crippen MR) is 134 cm³/mol. The van der Waals surface area contributed by atoms with E-state index in [1.807, 2.05) is 25.7 Å². The van der Waals surface area contributed by atoms with Crippen molar-refractivity contribution >= 4 is 6.09 Å². The van der Waals surface area contributed by atoms with Crippen LogP contribution in [0, 0.1) is 5.41 Å². The lowest BCUT2D eigenvalue weighted by Crippen LogP contribution is -2.52. The van der Waals surface area contributed by atoms with Crippen molar-refractivity contribution in [1.29, 1.82) is 0 Å². The Bertz CT molecular complexity index is 702. The highest BCUT2D eigenvalue weighted by molar-refractivity contribution is 5.68. The van der Waals surface area contributed by atoms with Gasteiger partial charge in [-0.05, 0) is 77.2 Å². The van der Waals surface area contributed by atoms with Gasteiger partial charge in [-0.2, -0.15) is 0 Å². The first-order valence-corrected chi connectivity index (χ1v) is 13.1. The Kier molecular flexibility index (Phi) is 9.63. The van der Waals surface area contributed by atoms with E-state index in [9.17, 15) is 4.79 Å². The average Bonchev–Trinajstić information content (AvgIpc) is 2.81. The fraction of sp³-hybridized carbons (Fsp3) is 0.750. The topological polar surface area (TPSA) is 42.0 Å². The van der Waals surface area contributed by atoms with E-state index < -0.39 is 5.60 Å². The molecule has 1 aliphatic carbocycles. The summed E-state index contributed by atoms with van der Waals surface area (Å²) < 4.78 is 11.8. The minimum Gasteiger partial charge on any atom is -0.444 e. The Labute approximate surface area is 201 Å². The minimum absolute atomic E-state index is 0.148. The van der Waals surface area contributed by atoms with Gasteiger partial charge in [0.15, 0.2) is 0 Å². The van der Waals surface area contributed by atoms with Crippen LogP contribution in [0.4, 0.5) is 4.79 Å². The van der Waals surface area contributed by atoms with Crippen molar-refractivity contribution in [3.63, 3.8) is 0 Å². The molecule has 0 unspecified atom stereocenters. The first-order valence-electron chi connectivity index (χ1n) is 13.1. The Morgan fingerprint density at radius 2 is 1.76 bits per heavy atom. The van der Waals surface area contributed by atoms with E-state index in [4.69, 9.17) is 9.47 Å². The molecule has 2 aliphatic rings. The number of likely N-dealkylation sites (tertiary alicyclic amines) is 1. The number of carbonyl (C=O) groups is 1. The first kappa shape index (κ1) is 26.0. The summed E-state index contributed by atoms with van der Waals surface area (Å²) in [7, 11) is 0. The highest BCUT2D eigenvalue weighted by atomic mass is 16.6. The molecule has 2 fully saturated rings. The van der Waals surface area contributed by atoms with Gasteiger partial charge in [0.2, 0.25) is 0 Å². The van der Waals surface area contributed by atoms with Crippen molar-refractivity contribution in [1.82, 2.24) is 9.80 Å². The number of aryl methyl sites for hydroxylation is 1. The largest absolute Gasteiger partial charge is 0.444 e. The molecule has 5 nitrogen and oxygen atoms in total. The fourth-order valence-corrected chi connectivity index (χ4v) is 5.26. The summed E-state index contributed by atoms with van der Waals surface area (Å²) in [5.41, 5.74) is 1.17. The van der Waals surface area contributed by atoms with Crippen LogP contribution in [0.25, 0.3) is 0 Å². The van der Waals surface area contributed by atoms with Crippen molar-refractivity contribution in [2.75, 3.05) is 33.0 Å². The molecule has 0 N–H and O–H groups in total. The molecule has 0 radical (unpaired) electrons. The summed E-state index contributed by atoms with van der Waals surface area (Å²) in [6.45, 7) is 12.3. The predicted octanol–water partition coefficient (Wildman–Crippen LogP) is 6.27. The first-order chi connectivity index (χ1) is 15.8. The lowest BCUT2D eigenvalue weighted by Gasteiger charge is -2.44. The molecule has 1 aliphatic heterocycles. The summed E-state index contributed by atoms with van der Waals surface area (Å²) in [6.07, 6.45) is 10.2. The van der Waals surface area contributed by atoms with Crippen molar-refractivity contribution in [3.8, 4) is 0 Å². The maximum Gasteiger partial charge on any atom is 0.411 e. The molecule has 33 heavy (non-hydrogen) atoms. The number of amides is 1. The lowest BCUT2D eigenvalue weighted by molar-refractivity contribution is -0.0305. The lowest BCUT2D eigenvalue weighted by atomic mass is 9.75. The molecule has 3 rings (SSSR count). The second-order valence-corrected chi connectivity index (χ2v) is 11.1. The van der Waals surface area contributed by atoms with Crippen molar-refractivity contribution in [3.05, 3.63) is 35.9 Å². The van der Waals surface area contributed by atoms with Gasteiger partial charge in [0.1, 0.15) is 5.60 Å². The Morgan fingerprint density at radius 1 is 1.09 bits per heavy atom. The third kappa shape index (κ3) is 8.29. The van der Waals surface area contributed by atoms with Crippen LogP contribution in [0.3, 0.4) is 0 Å². The summed E-state index contributed by atoms with van der Waals surface area (Å²) >= 11 is 0. The SMILES string of the molecule is CCOCC1(CCc2ccccc2)CCN(CN(C(=O)OC(C)(C)C)C2CCCCC2)CC1. The average molecular weight is 459 g/mol. The zero-order valence-corrected chi connectivity index (χ0v) is 21.5. The Morgan fingerprint density at radius 3 is 2.36 bits per heavy atom. The maximum atomic E-state index is 13.1. The molecular formula is C28H46N2O3. The molecule has 0 bridgehead atoms. The number of hydrogen-bond donors (Lipinski definition) is 0. The van der Waals surface area contributed by atoms with E-state index in [0.29, 0.717) is 12.7 Å². The van der Waals surface area contributed by atoms with E-state index in [1.54, 1.807) is 0 Å². The number of carbonyl (C=O) groups excluding carboxylic acids is 1. The maximum absolute atomic E-state index is 13.1. The molecule has 186 valence electrons. The normalized spacial score (nSPS) is 19.9. The van der Waals surface area contributed by atoms with Crippen LogP contribution in [-0.2, 0) is 15.9 Å². The van der Waals surface area contributed by atoms with Gasteiger partial charge in [0.25, 0.3) is 0 Å². The third-order valence-corrected chi connectivity index (χ3v) is 7.31. The smallest absolute Gasteiger partial charge is 0.411 e. The van der Waals surface area contributed by atoms with Gasteiger partial charge in [-0.25, -0.2) is 4.79 Å². The quantitative estimate of drug-likeness (QED) is 0.438. The summed E-state index contributed by atoms with van der Waals surface area (Å²) in [4.78, 5) is 17.6. The standard InChI is InChI=1S/C28H46N2O3/c1-5-32-22-28(17-16-24-12-8-6-9-13-24)18-20-29(21-19-28)23-30(25-14-10-7-11-15-25)26(31)33-27(2,3)4/h6,8-9,12-13,25H,5,7,10-11,14-23H2,1-4H3. The van der Waals surface area contributed by atoms with E-state index in [-0.39, 0.29) is 11.5 Å². The van der Waals surface area contributed by atoms with Crippen LogP contribution in [0.1, 0.15) is 84.6 Å². The highest BCUT2D eigenvalue weighted by Crippen LogP contribution is 2.37. The van der Waals surface area contributed by atoms with E-state index in [0.717, 1.165) is 64.8 Å². The summed E-state index contributed by atoms with van der Waals surface area (Å²) in [5, 5.41) is 0. The number of hydrogen-bond acceptors (Lipinski definition) is 4. The van der Waals surface area contributed by atoms with Gasteiger partial charge in [-0.15, -0.1) is 0 Å². The minimum atomic E-state index is -0.462. The van der Waals surface area contributed by atoms with E-state index >= 15 is 0 Å². The summed E-state index contributed by atoms with van der Waals surface area (Å²) in [5.74, 6) is 0. The van der Waals surface area contributed by atoms with Gasteiger partial charge in [-0.1, -0.05) is 49.6 Å². The van der Waals surface area contributed by atoms with Gasteiger partial charge in [-0.3, -0.25) is 9.80 Å². The molecular weight excluding hydrogens is 412 g/mol. The monoisotopic (exact) mass is 458 g/mol.